The number of ether oxygens (including phenoxy) is 1. The van der Waals surface area contributed by atoms with Gasteiger partial charge in [-0.1, -0.05) is 54.1 Å². The fourth-order valence-corrected chi connectivity index (χ4v) is 3.23. The number of nitrogens with one attached hydrogen (secondary N) is 1. The Morgan fingerprint density at radius 2 is 1.93 bits per heavy atom. The maximum atomic E-state index is 13.1. The molecule has 0 amide bonds. The van der Waals surface area contributed by atoms with Crippen molar-refractivity contribution in [1.82, 2.24) is 9.55 Å². The Balaban J connectivity index is 1.98. The molecule has 156 valence electrons. The van der Waals surface area contributed by atoms with Crippen LogP contribution in [0.5, 0.6) is 0 Å². The number of halogens is 1. The number of anilines is 2. The Kier molecular flexibility index (Phi) is 6.74. The SMILES string of the molecule is CC(C)Nc1nc(Cl)c(-c2cccc(N)c2)n(CC(=O)OCc2ccccc2)c1=O. The molecule has 0 aliphatic heterocycles. The van der Waals surface area contributed by atoms with E-state index in [0.29, 0.717) is 16.9 Å². The molecule has 3 rings (SSSR count). The molecule has 0 bridgehead atoms. The lowest BCUT2D eigenvalue weighted by molar-refractivity contribution is -0.145. The minimum Gasteiger partial charge on any atom is -0.459 e. The molecule has 0 aliphatic carbocycles. The van der Waals surface area contributed by atoms with Gasteiger partial charge in [0.15, 0.2) is 11.0 Å². The molecular formula is C22H23ClN4O3. The predicted octanol–water partition coefficient (Wildman–Crippen LogP) is 3.71. The zero-order valence-electron chi connectivity index (χ0n) is 16.8. The van der Waals surface area contributed by atoms with Gasteiger partial charge < -0.3 is 15.8 Å². The minimum atomic E-state index is -0.566. The van der Waals surface area contributed by atoms with Crippen molar-refractivity contribution in [2.24, 2.45) is 0 Å². The first-order valence-corrected chi connectivity index (χ1v) is 9.85. The molecule has 1 heterocycles. The topological polar surface area (TPSA) is 99.2 Å². The summed E-state index contributed by atoms with van der Waals surface area (Å²) >= 11 is 6.43. The number of hydrogen-bond donors (Lipinski definition) is 2. The first kappa shape index (κ1) is 21.4. The van der Waals surface area contributed by atoms with Crippen LogP contribution in [0.3, 0.4) is 0 Å². The summed E-state index contributed by atoms with van der Waals surface area (Å²) in [5.41, 5.74) is 7.65. The number of nitrogens with zero attached hydrogens (tertiary/aromatic N) is 2. The Hall–Kier alpha value is -3.32. The summed E-state index contributed by atoms with van der Waals surface area (Å²) in [6, 6.07) is 16.1. The number of nitrogens with two attached hydrogens (primary N) is 1. The molecule has 0 fully saturated rings. The second kappa shape index (κ2) is 9.45. The highest BCUT2D eigenvalue weighted by Gasteiger charge is 2.20. The lowest BCUT2D eigenvalue weighted by Gasteiger charge is -2.17. The Labute approximate surface area is 179 Å². The summed E-state index contributed by atoms with van der Waals surface area (Å²) < 4.78 is 6.62. The van der Waals surface area contributed by atoms with E-state index < -0.39 is 11.5 Å². The second-order valence-electron chi connectivity index (χ2n) is 7.06. The quantitative estimate of drug-likeness (QED) is 0.441. The van der Waals surface area contributed by atoms with Gasteiger partial charge in [0.25, 0.3) is 5.56 Å². The summed E-state index contributed by atoms with van der Waals surface area (Å²) in [6.45, 7) is 3.54. The summed E-state index contributed by atoms with van der Waals surface area (Å²) in [6.07, 6.45) is 0. The highest BCUT2D eigenvalue weighted by Crippen LogP contribution is 2.28. The van der Waals surface area contributed by atoms with Crippen molar-refractivity contribution in [3.63, 3.8) is 0 Å². The van der Waals surface area contributed by atoms with Crippen molar-refractivity contribution >= 4 is 29.1 Å². The third-order valence-corrected chi connectivity index (χ3v) is 4.50. The highest BCUT2D eigenvalue weighted by atomic mass is 35.5. The van der Waals surface area contributed by atoms with E-state index in [2.05, 4.69) is 10.3 Å². The molecule has 8 heteroatoms. The second-order valence-corrected chi connectivity index (χ2v) is 7.42. The molecule has 0 saturated heterocycles. The number of carbonyl (C=O) groups is 1. The molecule has 0 saturated carbocycles. The summed E-state index contributed by atoms with van der Waals surface area (Å²) in [5, 5.41) is 3.05. The van der Waals surface area contributed by atoms with Gasteiger partial charge >= 0.3 is 5.97 Å². The summed E-state index contributed by atoms with van der Waals surface area (Å²) in [4.78, 5) is 29.8. The number of nitrogen functional groups attached to an aromatic ring is 1. The molecule has 1 aromatic heterocycles. The van der Waals surface area contributed by atoms with Gasteiger partial charge in [0.2, 0.25) is 0 Å². The van der Waals surface area contributed by atoms with Crippen LogP contribution >= 0.6 is 11.6 Å². The van der Waals surface area contributed by atoms with Crippen LogP contribution in [0.25, 0.3) is 11.3 Å². The molecule has 0 unspecified atom stereocenters. The zero-order valence-corrected chi connectivity index (χ0v) is 17.5. The van der Waals surface area contributed by atoms with Gasteiger partial charge in [-0.25, -0.2) is 4.98 Å². The number of rotatable bonds is 7. The first-order chi connectivity index (χ1) is 14.3. The monoisotopic (exact) mass is 426 g/mol. The van der Waals surface area contributed by atoms with Gasteiger partial charge in [-0.05, 0) is 31.5 Å². The number of esters is 1. The standard InChI is InChI=1S/C22H23ClN4O3/c1-14(2)25-21-22(29)27(12-18(28)30-13-15-7-4-3-5-8-15)19(20(23)26-21)16-9-6-10-17(24)11-16/h3-11,14H,12-13,24H2,1-2H3,(H,25,26). The van der Waals surface area contributed by atoms with Crippen molar-refractivity contribution in [2.45, 2.75) is 33.0 Å². The molecule has 3 N–H and O–H groups in total. The summed E-state index contributed by atoms with van der Waals surface area (Å²) in [5.74, 6) is -0.498. The molecule has 0 spiro atoms. The number of hydrogen-bond acceptors (Lipinski definition) is 6. The Bertz CT molecular complexity index is 1100. The van der Waals surface area contributed by atoms with Crippen LogP contribution in [0, 0.1) is 0 Å². The molecule has 3 aromatic rings. The van der Waals surface area contributed by atoms with Crippen LogP contribution in [-0.4, -0.2) is 21.6 Å². The van der Waals surface area contributed by atoms with E-state index in [1.165, 1.54) is 4.57 Å². The van der Waals surface area contributed by atoms with Crippen LogP contribution in [0.1, 0.15) is 19.4 Å². The summed E-state index contributed by atoms with van der Waals surface area (Å²) in [7, 11) is 0. The van der Waals surface area contributed by atoms with Gasteiger partial charge in [0.1, 0.15) is 13.2 Å². The largest absolute Gasteiger partial charge is 0.459 e. The van der Waals surface area contributed by atoms with Crippen molar-refractivity contribution in [1.29, 1.82) is 0 Å². The number of benzene rings is 2. The van der Waals surface area contributed by atoms with Gasteiger partial charge in [-0.2, -0.15) is 0 Å². The number of aromatic nitrogens is 2. The first-order valence-electron chi connectivity index (χ1n) is 9.47. The molecule has 0 atom stereocenters. The normalized spacial score (nSPS) is 10.8. The van der Waals surface area contributed by atoms with Gasteiger partial charge in [-0.15, -0.1) is 0 Å². The van der Waals surface area contributed by atoms with Crippen LogP contribution in [0.15, 0.2) is 59.4 Å². The fraction of sp³-hybridized carbons (Fsp3) is 0.227. The maximum Gasteiger partial charge on any atom is 0.326 e. The van der Waals surface area contributed by atoms with E-state index in [1.54, 1.807) is 24.3 Å². The zero-order chi connectivity index (χ0) is 21.7. The highest BCUT2D eigenvalue weighted by molar-refractivity contribution is 6.32. The number of carbonyl (C=O) groups excluding carboxylic acids is 1. The van der Waals surface area contributed by atoms with Gasteiger partial charge in [-0.3, -0.25) is 14.2 Å². The fourth-order valence-electron chi connectivity index (χ4n) is 2.93. The molecule has 0 radical (unpaired) electrons. The lowest BCUT2D eigenvalue weighted by atomic mass is 10.1. The van der Waals surface area contributed by atoms with Crippen LogP contribution in [0.4, 0.5) is 11.5 Å². The Morgan fingerprint density at radius 3 is 2.60 bits per heavy atom. The van der Waals surface area contributed by atoms with Crippen LogP contribution in [0.2, 0.25) is 5.15 Å². The van der Waals surface area contributed by atoms with Crippen molar-refractivity contribution in [3.8, 4) is 11.3 Å². The average molecular weight is 427 g/mol. The molecule has 2 aromatic carbocycles. The Morgan fingerprint density at radius 1 is 1.20 bits per heavy atom. The van der Waals surface area contributed by atoms with Gasteiger partial charge in [0.05, 0.1) is 5.69 Å². The van der Waals surface area contributed by atoms with E-state index in [1.807, 2.05) is 44.2 Å². The predicted molar refractivity (Wildman–Crippen MR) is 118 cm³/mol. The van der Waals surface area contributed by atoms with Crippen molar-refractivity contribution < 1.29 is 9.53 Å². The van der Waals surface area contributed by atoms with E-state index in [4.69, 9.17) is 22.1 Å². The average Bonchev–Trinajstić information content (AvgIpc) is 2.70. The maximum absolute atomic E-state index is 13.1. The molecule has 0 aliphatic rings. The van der Waals surface area contributed by atoms with Gasteiger partial charge in [0, 0.05) is 17.3 Å². The minimum absolute atomic E-state index is 0.0435. The third-order valence-electron chi connectivity index (χ3n) is 4.24. The molecule has 7 nitrogen and oxygen atoms in total. The smallest absolute Gasteiger partial charge is 0.326 e. The third kappa shape index (κ3) is 5.18. The van der Waals surface area contributed by atoms with E-state index >= 15 is 0 Å². The lowest BCUT2D eigenvalue weighted by Crippen LogP contribution is -2.31. The van der Waals surface area contributed by atoms with E-state index in [-0.39, 0.29) is 30.2 Å². The van der Waals surface area contributed by atoms with Crippen molar-refractivity contribution in [3.05, 3.63) is 75.7 Å². The van der Waals surface area contributed by atoms with Crippen molar-refractivity contribution in [2.75, 3.05) is 11.1 Å². The van der Waals surface area contributed by atoms with E-state index in [0.717, 1.165) is 5.56 Å². The van der Waals surface area contributed by atoms with Crippen LogP contribution < -0.4 is 16.6 Å². The van der Waals surface area contributed by atoms with E-state index in [9.17, 15) is 9.59 Å². The molecular weight excluding hydrogens is 404 g/mol. The molecule has 30 heavy (non-hydrogen) atoms. The van der Waals surface area contributed by atoms with Crippen LogP contribution in [-0.2, 0) is 22.7 Å².